The molecule has 1 N–H and O–H groups in total. The van der Waals surface area contributed by atoms with Gasteiger partial charge in [0.15, 0.2) is 0 Å². The lowest BCUT2D eigenvalue weighted by Gasteiger charge is -1.98. The molecule has 0 aromatic carbocycles. The van der Waals surface area contributed by atoms with Crippen LogP contribution in [0, 0.1) is 19.8 Å². The molecule has 0 saturated heterocycles. The highest BCUT2D eigenvalue weighted by atomic mass is 16.4. The first-order valence-corrected chi connectivity index (χ1v) is 5.37. The summed E-state index contributed by atoms with van der Waals surface area (Å²) in [5, 5.41) is 3.46. The molecule has 0 aliphatic heterocycles. The van der Waals surface area contributed by atoms with Crippen LogP contribution in [-0.4, -0.2) is 11.0 Å². The van der Waals surface area contributed by atoms with E-state index in [1.54, 1.807) is 0 Å². The van der Waals surface area contributed by atoms with Crippen LogP contribution in [0.1, 0.15) is 37.1 Å². The van der Waals surface area contributed by atoms with Crippen LogP contribution in [0.15, 0.2) is 4.42 Å². The minimum atomic E-state index is 0.701. The van der Waals surface area contributed by atoms with E-state index in [9.17, 15) is 0 Å². The summed E-state index contributed by atoms with van der Waals surface area (Å²) in [6.07, 6.45) is 2.59. The molecule has 3 heteroatoms. The Bertz CT molecular complexity index is 300. The molecule has 0 amide bonds. The van der Waals surface area contributed by atoms with Crippen LogP contribution < -0.4 is 5.32 Å². The molecule has 2 rings (SSSR count). The van der Waals surface area contributed by atoms with E-state index < -0.39 is 0 Å². The minimum absolute atomic E-state index is 0.701. The molecule has 1 fully saturated rings. The van der Waals surface area contributed by atoms with Crippen LogP contribution in [0.2, 0.25) is 0 Å². The van der Waals surface area contributed by atoms with Crippen LogP contribution >= 0.6 is 0 Å². The Balaban J connectivity index is 1.81. The summed E-state index contributed by atoms with van der Waals surface area (Å²) in [5.41, 5.74) is 1.00. The highest BCUT2D eigenvalue weighted by Crippen LogP contribution is 2.33. The number of nitrogens with one attached hydrogen (secondary N) is 1. The van der Waals surface area contributed by atoms with Gasteiger partial charge in [0.25, 0.3) is 0 Å². The van der Waals surface area contributed by atoms with E-state index in [0.29, 0.717) is 6.04 Å². The summed E-state index contributed by atoms with van der Waals surface area (Å²) < 4.78 is 5.49. The molecule has 1 saturated carbocycles. The first-order chi connectivity index (χ1) is 6.70. The fourth-order valence-corrected chi connectivity index (χ4v) is 1.78. The lowest BCUT2D eigenvalue weighted by atomic mass is 10.3. The zero-order valence-electron chi connectivity index (χ0n) is 9.13. The Morgan fingerprint density at radius 2 is 2.29 bits per heavy atom. The second kappa shape index (κ2) is 3.73. The summed E-state index contributed by atoms with van der Waals surface area (Å²) in [6, 6.07) is 0.701. The lowest BCUT2D eigenvalue weighted by Crippen LogP contribution is -2.17. The molecular weight excluding hydrogens is 176 g/mol. The smallest absolute Gasteiger partial charge is 0.208 e. The van der Waals surface area contributed by atoms with Gasteiger partial charge in [-0.15, -0.1) is 0 Å². The highest BCUT2D eigenvalue weighted by Gasteiger charge is 2.34. The summed E-state index contributed by atoms with van der Waals surface area (Å²) in [6.45, 7) is 6.95. The summed E-state index contributed by atoms with van der Waals surface area (Å²) in [5.74, 6) is 2.64. The molecule has 2 atom stereocenters. The second-order valence-corrected chi connectivity index (χ2v) is 4.14. The quantitative estimate of drug-likeness (QED) is 0.798. The van der Waals surface area contributed by atoms with Crippen molar-refractivity contribution in [3.63, 3.8) is 0 Å². The summed E-state index contributed by atoms with van der Waals surface area (Å²) in [4.78, 5) is 4.33. The van der Waals surface area contributed by atoms with E-state index in [1.165, 1.54) is 12.8 Å². The fourth-order valence-electron chi connectivity index (χ4n) is 1.78. The molecular formula is C11H18N2O. The van der Waals surface area contributed by atoms with Crippen molar-refractivity contribution in [1.29, 1.82) is 0 Å². The third-order valence-corrected chi connectivity index (χ3v) is 3.04. The van der Waals surface area contributed by atoms with Crippen molar-refractivity contribution in [2.45, 2.75) is 46.2 Å². The zero-order valence-corrected chi connectivity index (χ0v) is 9.13. The first kappa shape index (κ1) is 9.71. The minimum Gasteiger partial charge on any atom is -0.444 e. The van der Waals surface area contributed by atoms with Crippen LogP contribution in [-0.2, 0) is 6.54 Å². The van der Waals surface area contributed by atoms with Gasteiger partial charge in [-0.05, 0) is 26.2 Å². The molecule has 1 aromatic rings. The molecule has 14 heavy (non-hydrogen) atoms. The van der Waals surface area contributed by atoms with Gasteiger partial charge in [-0.1, -0.05) is 13.3 Å². The van der Waals surface area contributed by atoms with Crippen LogP contribution in [0.25, 0.3) is 0 Å². The third-order valence-electron chi connectivity index (χ3n) is 3.04. The number of hydrogen-bond donors (Lipinski definition) is 1. The number of aryl methyl sites for hydroxylation is 2. The van der Waals surface area contributed by atoms with Crippen LogP contribution in [0.5, 0.6) is 0 Å². The van der Waals surface area contributed by atoms with E-state index >= 15 is 0 Å². The van der Waals surface area contributed by atoms with Gasteiger partial charge in [0.05, 0.1) is 12.2 Å². The normalized spacial score (nSPS) is 25.4. The summed E-state index contributed by atoms with van der Waals surface area (Å²) in [7, 11) is 0. The molecule has 1 aliphatic carbocycles. The van der Waals surface area contributed by atoms with E-state index in [-0.39, 0.29) is 0 Å². The molecule has 0 spiro atoms. The zero-order chi connectivity index (χ0) is 10.1. The molecule has 78 valence electrons. The van der Waals surface area contributed by atoms with Crippen molar-refractivity contribution < 1.29 is 4.42 Å². The maximum atomic E-state index is 5.49. The van der Waals surface area contributed by atoms with Gasteiger partial charge < -0.3 is 9.73 Å². The molecule has 3 nitrogen and oxygen atoms in total. The number of aromatic nitrogens is 1. The second-order valence-electron chi connectivity index (χ2n) is 4.14. The Morgan fingerprint density at radius 3 is 2.79 bits per heavy atom. The number of hydrogen-bond acceptors (Lipinski definition) is 3. The standard InChI is InChI=1S/C11H18N2O/c1-4-9-5-10(9)12-6-11-13-7(2)8(3)14-11/h9-10,12H,4-6H2,1-3H3. The van der Waals surface area contributed by atoms with Gasteiger partial charge in [-0.3, -0.25) is 0 Å². The molecule has 1 aromatic heterocycles. The average Bonchev–Trinajstić information content (AvgIpc) is 2.85. The van der Waals surface area contributed by atoms with Gasteiger partial charge in [-0.2, -0.15) is 0 Å². The number of rotatable bonds is 4. The lowest BCUT2D eigenvalue weighted by molar-refractivity contribution is 0.444. The van der Waals surface area contributed by atoms with Crippen LogP contribution in [0.4, 0.5) is 0 Å². The third kappa shape index (κ3) is 1.98. The molecule has 1 heterocycles. The first-order valence-electron chi connectivity index (χ1n) is 5.37. The Hall–Kier alpha value is -0.830. The highest BCUT2D eigenvalue weighted by molar-refractivity contribution is 5.05. The monoisotopic (exact) mass is 194 g/mol. The number of oxazole rings is 1. The Kier molecular flexibility index (Phi) is 2.59. The maximum Gasteiger partial charge on any atom is 0.208 e. The molecule has 0 radical (unpaired) electrons. The van der Waals surface area contributed by atoms with Crippen molar-refractivity contribution in [3.8, 4) is 0 Å². The van der Waals surface area contributed by atoms with Gasteiger partial charge in [0, 0.05) is 6.04 Å². The van der Waals surface area contributed by atoms with E-state index in [0.717, 1.165) is 29.8 Å². The van der Waals surface area contributed by atoms with Gasteiger partial charge in [0.1, 0.15) is 5.76 Å². The van der Waals surface area contributed by atoms with E-state index in [4.69, 9.17) is 4.42 Å². The number of nitrogens with zero attached hydrogens (tertiary/aromatic N) is 1. The molecule has 2 unspecified atom stereocenters. The fraction of sp³-hybridized carbons (Fsp3) is 0.727. The Labute approximate surface area is 84.9 Å². The van der Waals surface area contributed by atoms with Crippen molar-refractivity contribution >= 4 is 0 Å². The average molecular weight is 194 g/mol. The van der Waals surface area contributed by atoms with Crippen LogP contribution in [0.3, 0.4) is 0 Å². The molecule has 1 aliphatic rings. The topological polar surface area (TPSA) is 38.1 Å². The Morgan fingerprint density at radius 1 is 1.50 bits per heavy atom. The van der Waals surface area contributed by atoms with Crippen molar-refractivity contribution in [3.05, 3.63) is 17.3 Å². The van der Waals surface area contributed by atoms with Gasteiger partial charge >= 0.3 is 0 Å². The van der Waals surface area contributed by atoms with E-state index in [1.807, 2.05) is 13.8 Å². The predicted octanol–water partition coefficient (Wildman–Crippen LogP) is 2.18. The summed E-state index contributed by atoms with van der Waals surface area (Å²) >= 11 is 0. The van der Waals surface area contributed by atoms with Crippen molar-refractivity contribution in [1.82, 2.24) is 10.3 Å². The van der Waals surface area contributed by atoms with E-state index in [2.05, 4.69) is 17.2 Å². The van der Waals surface area contributed by atoms with Gasteiger partial charge in [-0.25, -0.2) is 4.98 Å². The van der Waals surface area contributed by atoms with Crippen molar-refractivity contribution in [2.24, 2.45) is 5.92 Å². The maximum absolute atomic E-state index is 5.49. The van der Waals surface area contributed by atoms with Gasteiger partial charge in [0.2, 0.25) is 5.89 Å². The largest absolute Gasteiger partial charge is 0.444 e. The SMILES string of the molecule is CCC1CC1NCc1nc(C)c(C)o1. The predicted molar refractivity (Wildman–Crippen MR) is 55.0 cm³/mol. The molecule has 0 bridgehead atoms. The van der Waals surface area contributed by atoms with Crippen molar-refractivity contribution in [2.75, 3.05) is 0 Å².